The highest BCUT2D eigenvalue weighted by molar-refractivity contribution is 5.74. The number of hydrogen-bond donors (Lipinski definition) is 1. The molecule has 1 N–H and O–H groups in total. The zero-order valence-electron chi connectivity index (χ0n) is 14.7. The lowest BCUT2D eigenvalue weighted by molar-refractivity contribution is 0.282. The normalized spacial score (nSPS) is 13.1. The molecule has 0 bridgehead atoms. The van der Waals surface area contributed by atoms with Crippen LogP contribution in [-0.2, 0) is 6.56 Å². The average molecular weight is 290 g/mol. The van der Waals surface area contributed by atoms with Crippen molar-refractivity contribution in [1.82, 2.24) is 0 Å². The van der Waals surface area contributed by atoms with E-state index in [1.165, 1.54) is 13.2 Å². The van der Waals surface area contributed by atoms with Crippen LogP contribution in [0.5, 0.6) is 5.75 Å². The molecule has 0 fully saturated rings. The summed E-state index contributed by atoms with van der Waals surface area (Å²) in [7, 11) is 1.44. The van der Waals surface area contributed by atoms with Gasteiger partial charge in [0.1, 0.15) is 11.6 Å². The van der Waals surface area contributed by atoms with Gasteiger partial charge in [-0.2, -0.15) is 0 Å². The van der Waals surface area contributed by atoms with Gasteiger partial charge in [-0.1, -0.05) is 37.6 Å². The third-order valence-electron chi connectivity index (χ3n) is 3.53. The number of methoxy groups -OCH3 is 1. The van der Waals surface area contributed by atoms with Gasteiger partial charge in [-0.15, -0.1) is 0 Å². The fourth-order valence-electron chi connectivity index (χ4n) is 2.38. The van der Waals surface area contributed by atoms with E-state index in [0.29, 0.717) is 22.4 Å². The Hall–Kier alpha value is -1.87. The number of benzene rings is 2. The highest BCUT2D eigenvalue weighted by Gasteiger charge is 2.16. The molecule has 0 spiro atoms. The minimum atomic E-state index is -2.50. The molecular formula is C18H21FO2. The van der Waals surface area contributed by atoms with E-state index in [2.05, 4.69) is 0 Å². The summed E-state index contributed by atoms with van der Waals surface area (Å²) in [5.41, 5.74) is 2.53. The van der Waals surface area contributed by atoms with Gasteiger partial charge in [0.15, 0.2) is 0 Å². The van der Waals surface area contributed by atoms with E-state index >= 15 is 0 Å². The summed E-state index contributed by atoms with van der Waals surface area (Å²) in [5, 5.41) is 9.87. The van der Waals surface area contributed by atoms with E-state index in [4.69, 9.17) is 7.48 Å². The molecule has 0 amide bonds. The zero-order valence-corrected chi connectivity index (χ0v) is 12.7. The number of rotatable bonds is 4. The maximum absolute atomic E-state index is 14.2. The fraction of sp³-hybridized carbons (Fsp3) is 0.333. The van der Waals surface area contributed by atoms with Crippen molar-refractivity contribution in [1.29, 1.82) is 0 Å². The Morgan fingerprint density at radius 1 is 1.24 bits per heavy atom. The molecule has 2 aromatic rings. The third kappa shape index (κ3) is 3.08. The van der Waals surface area contributed by atoms with Crippen LogP contribution in [0.25, 0.3) is 11.1 Å². The molecule has 0 unspecified atom stereocenters. The van der Waals surface area contributed by atoms with Crippen molar-refractivity contribution in [2.45, 2.75) is 33.2 Å². The van der Waals surface area contributed by atoms with Crippen molar-refractivity contribution < 1.29 is 17.0 Å². The number of hydrogen-bond acceptors (Lipinski definition) is 2. The predicted molar refractivity (Wildman–Crippen MR) is 83.1 cm³/mol. The van der Waals surface area contributed by atoms with Crippen molar-refractivity contribution in [3.05, 3.63) is 52.8 Å². The molecule has 0 aliphatic carbocycles. The van der Waals surface area contributed by atoms with Gasteiger partial charge in [-0.05, 0) is 35.6 Å². The summed E-state index contributed by atoms with van der Waals surface area (Å²) in [6, 6.07) is 8.11. The quantitative estimate of drug-likeness (QED) is 0.903. The molecule has 2 rings (SSSR count). The molecule has 0 atom stereocenters. The summed E-state index contributed by atoms with van der Waals surface area (Å²) in [6.45, 7) is 3.09. The summed E-state index contributed by atoms with van der Waals surface area (Å²) in [5.74, 6) is -0.0815. The number of aryl methyl sites for hydroxylation is 1. The highest BCUT2D eigenvalue weighted by Crippen LogP contribution is 2.36. The molecular weight excluding hydrogens is 267 g/mol. The van der Waals surface area contributed by atoms with Gasteiger partial charge in [-0.3, -0.25) is 0 Å². The largest absolute Gasteiger partial charge is 0.496 e. The van der Waals surface area contributed by atoms with E-state index in [9.17, 15) is 9.50 Å². The van der Waals surface area contributed by atoms with Crippen molar-refractivity contribution in [3.63, 3.8) is 0 Å². The van der Waals surface area contributed by atoms with Crippen LogP contribution in [-0.4, -0.2) is 12.2 Å². The van der Waals surface area contributed by atoms with Gasteiger partial charge in [0.05, 0.1) is 16.4 Å². The second kappa shape index (κ2) is 6.27. The van der Waals surface area contributed by atoms with Crippen molar-refractivity contribution in [2.24, 2.45) is 0 Å². The van der Waals surface area contributed by atoms with E-state index in [1.807, 2.05) is 26.8 Å². The number of ether oxygens (including phenoxy) is 1. The summed E-state index contributed by atoms with van der Waals surface area (Å²) >= 11 is 0. The van der Waals surface area contributed by atoms with Crippen LogP contribution >= 0.6 is 0 Å². The fourth-order valence-corrected chi connectivity index (χ4v) is 2.38. The lowest BCUT2D eigenvalue weighted by atomic mass is 9.93. The first-order valence-electron chi connectivity index (χ1n) is 7.86. The maximum atomic E-state index is 14.2. The molecule has 0 saturated heterocycles. The minimum absolute atomic E-state index is 0.0283. The second-order valence-corrected chi connectivity index (χ2v) is 5.39. The van der Waals surface area contributed by atoms with Crippen LogP contribution in [0.2, 0.25) is 0 Å². The van der Waals surface area contributed by atoms with Crippen LogP contribution in [0.3, 0.4) is 0 Å². The Morgan fingerprint density at radius 2 is 1.95 bits per heavy atom. The second-order valence-electron chi connectivity index (χ2n) is 5.39. The van der Waals surface area contributed by atoms with Gasteiger partial charge in [-0.25, -0.2) is 4.39 Å². The maximum Gasteiger partial charge on any atom is 0.130 e. The highest BCUT2D eigenvalue weighted by atomic mass is 19.1. The van der Waals surface area contributed by atoms with Gasteiger partial charge in [0.2, 0.25) is 0 Å². The van der Waals surface area contributed by atoms with E-state index in [-0.39, 0.29) is 17.3 Å². The molecule has 2 aromatic carbocycles. The van der Waals surface area contributed by atoms with Crippen molar-refractivity contribution in [3.8, 4) is 16.9 Å². The molecule has 2 nitrogen and oxygen atoms in total. The topological polar surface area (TPSA) is 29.5 Å². The summed E-state index contributed by atoms with van der Waals surface area (Å²) < 4.78 is 34.8. The molecule has 0 saturated carbocycles. The number of halogens is 1. The molecule has 0 aliphatic rings. The van der Waals surface area contributed by atoms with Gasteiger partial charge in [0.25, 0.3) is 0 Å². The Balaban J connectivity index is 2.78. The lowest BCUT2D eigenvalue weighted by Gasteiger charge is -2.16. The van der Waals surface area contributed by atoms with Crippen LogP contribution in [0, 0.1) is 12.7 Å². The first kappa shape index (κ1) is 12.8. The monoisotopic (exact) mass is 290 g/mol. The first-order chi connectivity index (χ1) is 10.6. The molecule has 3 heteroatoms. The third-order valence-corrected chi connectivity index (χ3v) is 3.53. The SMILES string of the molecule is [2H]C([2H])(O)c1cc(C)ccc1-c1cc(C(C)C)c(F)cc1OC. The number of aliphatic hydroxyl groups is 1. The Kier molecular flexibility index (Phi) is 3.83. The van der Waals surface area contributed by atoms with Gasteiger partial charge >= 0.3 is 0 Å². The minimum Gasteiger partial charge on any atom is -0.496 e. The van der Waals surface area contributed by atoms with Gasteiger partial charge in [0, 0.05) is 11.6 Å². The standard InChI is InChI=1S/C18H21FO2/c1-11(2)15-8-16(18(21-4)9-17(15)19)14-6-5-12(3)7-13(14)10-20/h5-9,11,20H,10H2,1-4H3/i10D2. The Labute approximate surface area is 128 Å². The molecule has 0 aliphatic heterocycles. The Bertz CT molecular complexity index is 722. The molecule has 112 valence electrons. The van der Waals surface area contributed by atoms with E-state index < -0.39 is 6.56 Å². The van der Waals surface area contributed by atoms with E-state index in [0.717, 1.165) is 5.56 Å². The zero-order chi connectivity index (χ0) is 17.4. The van der Waals surface area contributed by atoms with Crippen LogP contribution in [0.4, 0.5) is 4.39 Å². The lowest BCUT2D eigenvalue weighted by Crippen LogP contribution is -1.99. The first-order valence-corrected chi connectivity index (χ1v) is 6.86. The Morgan fingerprint density at radius 3 is 2.52 bits per heavy atom. The average Bonchev–Trinajstić information content (AvgIpc) is 2.45. The molecule has 0 aromatic heterocycles. The van der Waals surface area contributed by atoms with Crippen molar-refractivity contribution >= 4 is 0 Å². The summed E-state index contributed by atoms with van der Waals surface area (Å²) in [4.78, 5) is 0. The predicted octanol–water partition coefficient (Wildman–Crippen LogP) is 4.43. The molecule has 21 heavy (non-hydrogen) atoms. The van der Waals surface area contributed by atoms with Crippen LogP contribution in [0.1, 0.15) is 39.2 Å². The van der Waals surface area contributed by atoms with Crippen LogP contribution < -0.4 is 4.74 Å². The van der Waals surface area contributed by atoms with Gasteiger partial charge < -0.3 is 9.84 Å². The smallest absolute Gasteiger partial charge is 0.130 e. The molecule has 0 heterocycles. The summed E-state index contributed by atoms with van der Waals surface area (Å²) in [6.07, 6.45) is 0. The van der Waals surface area contributed by atoms with Crippen LogP contribution in [0.15, 0.2) is 30.3 Å². The molecule has 0 radical (unpaired) electrons. The van der Waals surface area contributed by atoms with E-state index in [1.54, 1.807) is 18.2 Å². The van der Waals surface area contributed by atoms with Crippen molar-refractivity contribution in [2.75, 3.05) is 7.11 Å².